The molecule has 1 unspecified atom stereocenters. The zero-order valence-corrected chi connectivity index (χ0v) is 12.0. The second kappa shape index (κ2) is 6.34. The van der Waals surface area contributed by atoms with E-state index in [1.807, 2.05) is 10.7 Å². The van der Waals surface area contributed by atoms with Crippen molar-refractivity contribution in [3.8, 4) is 0 Å². The Labute approximate surface area is 121 Å². The molecule has 7 heteroatoms. The van der Waals surface area contributed by atoms with Crippen molar-refractivity contribution in [2.75, 3.05) is 0 Å². The molecule has 0 aromatic carbocycles. The fraction of sp³-hybridized carbons (Fsp3) is 0.333. The largest absolute Gasteiger partial charge is 0.271 e. The number of aryl methyl sites for hydroxylation is 1. The lowest BCUT2D eigenvalue weighted by molar-refractivity contribution is 0.521. The molecule has 2 aromatic heterocycles. The average Bonchev–Trinajstić information content (AvgIpc) is 2.75. The van der Waals surface area contributed by atoms with Crippen LogP contribution >= 0.6 is 23.2 Å². The van der Waals surface area contributed by atoms with Crippen LogP contribution in [-0.2, 0) is 6.54 Å². The molecule has 2 heterocycles. The van der Waals surface area contributed by atoms with Gasteiger partial charge in [0.15, 0.2) is 0 Å². The first-order chi connectivity index (χ1) is 9.19. The molecule has 0 bridgehead atoms. The summed E-state index contributed by atoms with van der Waals surface area (Å²) in [5, 5.41) is 5.35. The SMILES string of the molecule is CCCn1ncc(Cl)c1C(NN)c1ccncc1Cl. The summed E-state index contributed by atoms with van der Waals surface area (Å²) in [6.07, 6.45) is 5.81. The standard InChI is InChI=1S/C12H15Cl2N5/c1-2-5-19-12(10(14)7-17-19)11(18-15)8-3-4-16-6-9(8)13/h3-4,6-7,11,18H,2,5,15H2,1H3. The van der Waals surface area contributed by atoms with Crippen molar-refractivity contribution in [1.82, 2.24) is 20.2 Å². The first-order valence-electron chi connectivity index (χ1n) is 5.95. The predicted molar refractivity (Wildman–Crippen MR) is 75.9 cm³/mol. The molecule has 102 valence electrons. The molecule has 0 aliphatic rings. The van der Waals surface area contributed by atoms with Crippen molar-refractivity contribution < 1.29 is 0 Å². The maximum absolute atomic E-state index is 6.22. The van der Waals surface area contributed by atoms with E-state index < -0.39 is 0 Å². The molecule has 0 radical (unpaired) electrons. The zero-order chi connectivity index (χ0) is 13.8. The highest BCUT2D eigenvalue weighted by molar-refractivity contribution is 6.32. The van der Waals surface area contributed by atoms with Crippen LogP contribution in [-0.4, -0.2) is 14.8 Å². The first kappa shape index (κ1) is 14.3. The number of hydrogen-bond donors (Lipinski definition) is 2. The molecule has 0 aliphatic carbocycles. The number of pyridine rings is 1. The lowest BCUT2D eigenvalue weighted by Gasteiger charge is -2.19. The van der Waals surface area contributed by atoms with Gasteiger partial charge in [-0.2, -0.15) is 5.10 Å². The summed E-state index contributed by atoms with van der Waals surface area (Å²) in [6, 6.07) is 1.49. The summed E-state index contributed by atoms with van der Waals surface area (Å²) in [6.45, 7) is 2.84. The third-order valence-electron chi connectivity index (χ3n) is 2.82. The first-order valence-corrected chi connectivity index (χ1v) is 6.71. The minimum absolute atomic E-state index is 0.322. The van der Waals surface area contributed by atoms with Gasteiger partial charge in [0, 0.05) is 18.9 Å². The summed E-state index contributed by atoms with van der Waals surface area (Å²) in [4.78, 5) is 3.97. The van der Waals surface area contributed by atoms with Crippen LogP contribution in [0.5, 0.6) is 0 Å². The highest BCUT2D eigenvalue weighted by Crippen LogP contribution is 2.31. The minimum Gasteiger partial charge on any atom is -0.271 e. The van der Waals surface area contributed by atoms with Gasteiger partial charge in [0.05, 0.1) is 28.0 Å². The molecule has 0 spiro atoms. The second-order valence-corrected chi connectivity index (χ2v) is 4.91. The quantitative estimate of drug-likeness (QED) is 0.657. The third kappa shape index (κ3) is 2.90. The fourth-order valence-electron chi connectivity index (χ4n) is 1.98. The molecule has 0 amide bonds. The topological polar surface area (TPSA) is 68.8 Å². The number of halogens is 2. The van der Waals surface area contributed by atoms with Crippen molar-refractivity contribution in [2.45, 2.75) is 25.9 Å². The van der Waals surface area contributed by atoms with Gasteiger partial charge in [0.2, 0.25) is 0 Å². The highest BCUT2D eigenvalue weighted by Gasteiger charge is 2.22. The molecular weight excluding hydrogens is 285 g/mol. The van der Waals surface area contributed by atoms with Crippen molar-refractivity contribution in [3.05, 3.63) is 46.0 Å². The van der Waals surface area contributed by atoms with E-state index in [1.54, 1.807) is 18.6 Å². The molecule has 0 fully saturated rings. The van der Waals surface area contributed by atoms with Crippen LogP contribution in [0.25, 0.3) is 0 Å². The Hall–Kier alpha value is -1.14. The lowest BCUT2D eigenvalue weighted by Crippen LogP contribution is -2.31. The van der Waals surface area contributed by atoms with Crippen LogP contribution in [0.4, 0.5) is 0 Å². The Morgan fingerprint density at radius 3 is 2.79 bits per heavy atom. The van der Waals surface area contributed by atoms with Gasteiger partial charge in [-0.05, 0) is 18.1 Å². The van der Waals surface area contributed by atoms with E-state index in [0.29, 0.717) is 10.0 Å². The van der Waals surface area contributed by atoms with Crippen LogP contribution in [0.15, 0.2) is 24.7 Å². The molecule has 19 heavy (non-hydrogen) atoms. The predicted octanol–water partition coefficient (Wildman–Crippen LogP) is 2.55. The van der Waals surface area contributed by atoms with Crippen molar-refractivity contribution in [1.29, 1.82) is 0 Å². The molecule has 3 N–H and O–H groups in total. The fourth-order valence-corrected chi connectivity index (χ4v) is 2.46. The van der Waals surface area contributed by atoms with Gasteiger partial charge in [-0.1, -0.05) is 30.1 Å². The van der Waals surface area contributed by atoms with Gasteiger partial charge in [0.1, 0.15) is 0 Å². The second-order valence-electron chi connectivity index (χ2n) is 4.10. The zero-order valence-electron chi connectivity index (χ0n) is 10.5. The van der Waals surface area contributed by atoms with E-state index in [9.17, 15) is 0 Å². The Kier molecular flexibility index (Phi) is 4.76. The molecule has 2 rings (SSSR count). The Balaban J connectivity index is 2.48. The molecule has 1 atom stereocenters. The molecule has 0 saturated heterocycles. The van der Waals surface area contributed by atoms with Crippen molar-refractivity contribution in [3.63, 3.8) is 0 Å². The van der Waals surface area contributed by atoms with E-state index in [4.69, 9.17) is 29.0 Å². The molecule has 5 nitrogen and oxygen atoms in total. The van der Waals surface area contributed by atoms with Gasteiger partial charge in [-0.25, -0.2) is 5.43 Å². The summed E-state index contributed by atoms with van der Waals surface area (Å²) in [5.41, 5.74) is 4.37. The van der Waals surface area contributed by atoms with Gasteiger partial charge < -0.3 is 0 Å². The van der Waals surface area contributed by atoms with Gasteiger partial charge >= 0.3 is 0 Å². The number of rotatable bonds is 5. The van der Waals surface area contributed by atoms with Crippen LogP contribution in [0.1, 0.15) is 30.6 Å². The van der Waals surface area contributed by atoms with Gasteiger partial charge in [-0.15, -0.1) is 0 Å². The Morgan fingerprint density at radius 2 is 2.16 bits per heavy atom. The van der Waals surface area contributed by atoms with E-state index in [1.165, 1.54) is 0 Å². The maximum atomic E-state index is 6.22. The molecule has 0 saturated carbocycles. The van der Waals surface area contributed by atoms with Gasteiger partial charge in [0.25, 0.3) is 0 Å². The van der Waals surface area contributed by atoms with Crippen LogP contribution in [0.3, 0.4) is 0 Å². The maximum Gasteiger partial charge on any atom is 0.0908 e. The molecule has 2 aromatic rings. The number of nitrogens with zero attached hydrogens (tertiary/aromatic N) is 3. The normalized spacial score (nSPS) is 12.6. The summed E-state index contributed by atoms with van der Waals surface area (Å²) in [7, 11) is 0. The van der Waals surface area contributed by atoms with Gasteiger partial charge in [-0.3, -0.25) is 15.5 Å². The number of nitrogens with two attached hydrogens (primary N) is 1. The third-order valence-corrected chi connectivity index (χ3v) is 3.43. The van der Waals surface area contributed by atoms with Crippen LogP contribution in [0.2, 0.25) is 10.0 Å². The van der Waals surface area contributed by atoms with E-state index in [-0.39, 0.29) is 6.04 Å². The smallest absolute Gasteiger partial charge is 0.0908 e. The minimum atomic E-state index is -0.322. The number of hydrogen-bond acceptors (Lipinski definition) is 4. The highest BCUT2D eigenvalue weighted by atomic mass is 35.5. The van der Waals surface area contributed by atoms with Crippen LogP contribution < -0.4 is 11.3 Å². The van der Waals surface area contributed by atoms with Crippen molar-refractivity contribution in [2.24, 2.45) is 5.84 Å². The van der Waals surface area contributed by atoms with E-state index >= 15 is 0 Å². The molecular formula is C12H15Cl2N5. The number of aromatic nitrogens is 3. The summed E-state index contributed by atoms with van der Waals surface area (Å²) in [5.74, 6) is 5.67. The van der Waals surface area contributed by atoms with E-state index in [2.05, 4.69) is 22.4 Å². The lowest BCUT2D eigenvalue weighted by atomic mass is 10.1. The summed E-state index contributed by atoms with van der Waals surface area (Å²) < 4.78 is 1.84. The average molecular weight is 300 g/mol. The van der Waals surface area contributed by atoms with E-state index in [0.717, 1.165) is 24.2 Å². The number of hydrazine groups is 1. The van der Waals surface area contributed by atoms with Crippen molar-refractivity contribution >= 4 is 23.2 Å². The number of nitrogens with one attached hydrogen (secondary N) is 1. The Morgan fingerprint density at radius 1 is 1.37 bits per heavy atom. The molecule has 0 aliphatic heterocycles. The monoisotopic (exact) mass is 299 g/mol. The summed E-state index contributed by atoms with van der Waals surface area (Å²) >= 11 is 12.4. The van der Waals surface area contributed by atoms with Crippen LogP contribution in [0, 0.1) is 0 Å². The Bertz CT molecular complexity index is 555.